The van der Waals surface area contributed by atoms with Gasteiger partial charge in [-0.2, -0.15) is 0 Å². The van der Waals surface area contributed by atoms with Gasteiger partial charge in [-0.25, -0.2) is 9.97 Å². The third-order valence-corrected chi connectivity index (χ3v) is 3.70. The van der Waals surface area contributed by atoms with E-state index >= 15 is 0 Å². The van der Waals surface area contributed by atoms with Crippen LogP contribution in [0.5, 0.6) is 0 Å². The molecule has 3 rings (SSSR count). The Morgan fingerprint density at radius 2 is 2.10 bits per heavy atom. The van der Waals surface area contributed by atoms with Gasteiger partial charge < -0.3 is 10.4 Å². The minimum Gasteiger partial charge on any atom is -0.384 e. The van der Waals surface area contributed by atoms with Crippen molar-refractivity contribution < 1.29 is 5.11 Å². The molecule has 102 valence electrons. The van der Waals surface area contributed by atoms with Gasteiger partial charge in [0, 0.05) is 16.9 Å². The highest BCUT2D eigenvalue weighted by atomic mass is 16.2. The van der Waals surface area contributed by atoms with Crippen molar-refractivity contribution in [2.75, 3.05) is 19.7 Å². The zero-order valence-corrected chi connectivity index (χ0v) is 11.3. The number of hydrogen-bond donors (Lipinski definition) is 2. The van der Waals surface area contributed by atoms with Crippen molar-refractivity contribution in [3.05, 3.63) is 35.8 Å². The molecule has 0 unspecified atom stereocenters. The first-order valence-electron chi connectivity index (χ1n) is 6.93. The molecule has 0 saturated carbocycles. The summed E-state index contributed by atoms with van der Waals surface area (Å²) in [7, 11) is 0. The molecular formula is C16H17N3O. The lowest BCUT2D eigenvalue weighted by molar-refractivity contribution is 0.350. The topological polar surface area (TPSA) is 58.0 Å². The molecule has 4 nitrogen and oxygen atoms in total. The number of piperidine rings is 1. The Morgan fingerprint density at radius 1 is 1.25 bits per heavy atom. The Kier molecular flexibility index (Phi) is 3.91. The van der Waals surface area contributed by atoms with Crippen LogP contribution < -0.4 is 5.32 Å². The fourth-order valence-electron chi connectivity index (χ4n) is 2.72. The van der Waals surface area contributed by atoms with Crippen molar-refractivity contribution in [1.29, 1.82) is 0 Å². The maximum atomic E-state index is 8.79. The Labute approximate surface area is 118 Å². The van der Waals surface area contributed by atoms with Gasteiger partial charge in [0.15, 0.2) is 0 Å². The van der Waals surface area contributed by atoms with Gasteiger partial charge >= 0.3 is 0 Å². The van der Waals surface area contributed by atoms with E-state index in [1.165, 1.54) is 0 Å². The molecule has 2 heterocycles. The van der Waals surface area contributed by atoms with Crippen molar-refractivity contribution in [3.63, 3.8) is 0 Å². The third kappa shape index (κ3) is 2.64. The molecule has 1 fully saturated rings. The molecule has 0 bridgehead atoms. The van der Waals surface area contributed by atoms with Crippen LogP contribution in [0, 0.1) is 11.8 Å². The van der Waals surface area contributed by atoms with Crippen LogP contribution >= 0.6 is 0 Å². The standard InChI is InChI=1S/C16H17N3O/c20-9-1-2-12-3-4-15-14(10-12)16(19-11-18-15)13-5-7-17-8-6-13/h3-4,10-11,13,17,20H,5-9H2. The maximum Gasteiger partial charge on any atom is 0.116 e. The molecule has 2 aromatic rings. The lowest BCUT2D eigenvalue weighted by Gasteiger charge is -2.23. The van der Waals surface area contributed by atoms with Crippen LogP contribution in [0.2, 0.25) is 0 Å². The van der Waals surface area contributed by atoms with Crippen LogP contribution in [-0.4, -0.2) is 34.8 Å². The van der Waals surface area contributed by atoms with Crippen LogP contribution in [0.4, 0.5) is 0 Å². The number of aliphatic hydroxyl groups is 1. The molecule has 1 saturated heterocycles. The lowest BCUT2D eigenvalue weighted by Crippen LogP contribution is -2.27. The number of aromatic nitrogens is 2. The van der Waals surface area contributed by atoms with E-state index in [1.54, 1.807) is 6.33 Å². The summed E-state index contributed by atoms with van der Waals surface area (Å²) in [4.78, 5) is 8.85. The summed E-state index contributed by atoms with van der Waals surface area (Å²) in [5, 5.41) is 13.3. The molecule has 0 spiro atoms. The number of aliphatic hydroxyl groups excluding tert-OH is 1. The molecule has 2 N–H and O–H groups in total. The summed E-state index contributed by atoms with van der Waals surface area (Å²) in [6.07, 6.45) is 3.87. The summed E-state index contributed by atoms with van der Waals surface area (Å²) >= 11 is 0. The predicted octanol–water partition coefficient (Wildman–Crippen LogP) is 1.44. The molecule has 0 radical (unpaired) electrons. The number of fused-ring (bicyclic) bond motifs is 1. The minimum atomic E-state index is -0.121. The lowest BCUT2D eigenvalue weighted by atomic mass is 9.91. The van der Waals surface area contributed by atoms with E-state index in [4.69, 9.17) is 5.11 Å². The molecule has 1 aliphatic heterocycles. The van der Waals surface area contributed by atoms with E-state index in [0.717, 1.165) is 48.1 Å². The van der Waals surface area contributed by atoms with Gasteiger partial charge in [0.25, 0.3) is 0 Å². The second-order valence-electron chi connectivity index (χ2n) is 4.98. The van der Waals surface area contributed by atoms with Crippen molar-refractivity contribution in [2.45, 2.75) is 18.8 Å². The smallest absolute Gasteiger partial charge is 0.116 e. The highest BCUT2D eigenvalue weighted by molar-refractivity contribution is 5.82. The second-order valence-corrected chi connectivity index (χ2v) is 4.98. The first-order chi connectivity index (χ1) is 9.88. The normalized spacial score (nSPS) is 15.8. The number of rotatable bonds is 1. The van der Waals surface area contributed by atoms with Gasteiger partial charge in [-0.1, -0.05) is 11.8 Å². The molecule has 1 aromatic heterocycles. The summed E-state index contributed by atoms with van der Waals surface area (Å²) in [6, 6.07) is 5.95. The third-order valence-electron chi connectivity index (χ3n) is 3.70. The highest BCUT2D eigenvalue weighted by Gasteiger charge is 2.19. The molecule has 1 aromatic carbocycles. The van der Waals surface area contributed by atoms with Gasteiger partial charge in [-0.15, -0.1) is 0 Å². The van der Waals surface area contributed by atoms with Crippen molar-refractivity contribution in [3.8, 4) is 11.8 Å². The molecule has 0 aliphatic carbocycles. The molecule has 4 heteroatoms. The molecule has 20 heavy (non-hydrogen) atoms. The number of benzene rings is 1. The Morgan fingerprint density at radius 3 is 2.90 bits per heavy atom. The van der Waals surface area contributed by atoms with Crippen molar-refractivity contribution in [2.24, 2.45) is 0 Å². The predicted molar refractivity (Wildman–Crippen MR) is 78.3 cm³/mol. The molecule has 0 amide bonds. The molecule has 0 atom stereocenters. The number of nitrogens with one attached hydrogen (secondary N) is 1. The van der Waals surface area contributed by atoms with Crippen LogP contribution in [-0.2, 0) is 0 Å². The summed E-state index contributed by atoms with van der Waals surface area (Å²) in [5.41, 5.74) is 2.99. The maximum absolute atomic E-state index is 8.79. The minimum absolute atomic E-state index is 0.121. The summed E-state index contributed by atoms with van der Waals surface area (Å²) < 4.78 is 0. The van der Waals surface area contributed by atoms with E-state index in [2.05, 4.69) is 27.1 Å². The second kappa shape index (κ2) is 6.00. The van der Waals surface area contributed by atoms with Crippen molar-refractivity contribution >= 4 is 10.9 Å². The van der Waals surface area contributed by atoms with Crippen LogP contribution in [0.15, 0.2) is 24.5 Å². The van der Waals surface area contributed by atoms with E-state index < -0.39 is 0 Å². The van der Waals surface area contributed by atoms with Crippen molar-refractivity contribution in [1.82, 2.24) is 15.3 Å². The average Bonchev–Trinajstić information content (AvgIpc) is 2.53. The molecular weight excluding hydrogens is 250 g/mol. The SMILES string of the molecule is OCC#Cc1ccc2ncnc(C3CCNCC3)c2c1. The van der Waals surface area contributed by atoms with Crippen LogP contribution in [0.25, 0.3) is 10.9 Å². The van der Waals surface area contributed by atoms with Gasteiger partial charge in [-0.3, -0.25) is 0 Å². The summed E-state index contributed by atoms with van der Waals surface area (Å²) in [5.74, 6) is 6.12. The van der Waals surface area contributed by atoms with Gasteiger partial charge in [-0.05, 0) is 44.1 Å². The molecule has 1 aliphatic rings. The Hall–Kier alpha value is -1.96. The van der Waals surface area contributed by atoms with E-state index in [1.807, 2.05) is 18.2 Å². The fourth-order valence-corrected chi connectivity index (χ4v) is 2.72. The average molecular weight is 267 g/mol. The van der Waals surface area contributed by atoms with Gasteiger partial charge in [0.05, 0.1) is 11.2 Å². The Bertz CT molecular complexity index is 666. The number of nitrogens with zero attached hydrogens (tertiary/aromatic N) is 2. The van der Waals surface area contributed by atoms with Gasteiger partial charge in [0.2, 0.25) is 0 Å². The zero-order chi connectivity index (χ0) is 13.8. The largest absolute Gasteiger partial charge is 0.384 e. The van der Waals surface area contributed by atoms with E-state index in [0.29, 0.717) is 5.92 Å². The first-order valence-corrected chi connectivity index (χ1v) is 6.93. The highest BCUT2D eigenvalue weighted by Crippen LogP contribution is 2.29. The van der Waals surface area contributed by atoms with Crippen LogP contribution in [0.1, 0.15) is 30.0 Å². The number of hydrogen-bond acceptors (Lipinski definition) is 4. The quantitative estimate of drug-likeness (QED) is 0.768. The van der Waals surface area contributed by atoms with Gasteiger partial charge in [0.1, 0.15) is 12.9 Å². The Balaban J connectivity index is 2.06. The first kappa shape index (κ1) is 13.0. The zero-order valence-electron chi connectivity index (χ0n) is 11.3. The summed E-state index contributed by atoms with van der Waals surface area (Å²) in [6.45, 7) is 1.96. The van der Waals surface area contributed by atoms with E-state index in [-0.39, 0.29) is 6.61 Å². The fraction of sp³-hybridized carbons (Fsp3) is 0.375. The monoisotopic (exact) mass is 267 g/mol. The van der Waals surface area contributed by atoms with E-state index in [9.17, 15) is 0 Å². The van der Waals surface area contributed by atoms with Crippen LogP contribution in [0.3, 0.4) is 0 Å².